The van der Waals surface area contributed by atoms with E-state index >= 15 is 0 Å². The smallest absolute Gasteiger partial charge is 0.123 e. The van der Waals surface area contributed by atoms with Crippen LogP contribution in [0.25, 0.3) is 17.2 Å². The van der Waals surface area contributed by atoms with Crippen LogP contribution in [0.3, 0.4) is 0 Å². The number of pyridine rings is 1. The summed E-state index contributed by atoms with van der Waals surface area (Å²) >= 11 is 0. The van der Waals surface area contributed by atoms with Gasteiger partial charge in [-0.15, -0.1) is 0 Å². The van der Waals surface area contributed by atoms with E-state index in [4.69, 9.17) is 4.74 Å². The van der Waals surface area contributed by atoms with Crippen LogP contribution in [0.15, 0.2) is 48.7 Å². The zero-order chi connectivity index (χ0) is 19.8. The third-order valence-corrected chi connectivity index (χ3v) is 7.60. The second-order valence-corrected chi connectivity index (χ2v) is 9.20. The summed E-state index contributed by atoms with van der Waals surface area (Å²) in [6.45, 7) is 3.28. The highest BCUT2D eigenvalue weighted by molar-refractivity contribution is 5.63. The summed E-state index contributed by atoms with van der Waals surface area (Å²) in [5.41, 5.74) is 2.95. The number of aromatic nitrogens is 1. The van der Waals surface area contributed by atoms with E-state index in [-0.39, 0.29) is 11.4 Å². The van der Waals surface area contributed by atoms with Crippen molar-refractivity contribution in [3.8, 4) is 11.1 Å². The molecule has 1 aromatic carbocycles. The van der Waals surface area contributed by atoms with E-state index in [0.29, 0.717) is 11.8 Å². The van der Waals surface area contributed by atoms with Gasteiger partial charge < -0.3 is 4.74 Å². The average Bonchev–Trinajstić information content (AvgIpc) is 3.51. The molecule has 2 nitrogen and oxygen atoms in total. The van der Waals surface area contributed by atoms with Gasteiger partial charge in [0.15, 0.2) is 0 Å². The normalized spacial score (nSPS) is 33.7. The number of hydrogen-bond donors (Lipinski definition) is 0. The van der Waals surface area contributed by atoms with Crippen LogP contribution in [-0.2, 0) is 4.74 Å². The van der Waals surface area contributed by atoms with E-state index in [1.165, 1.54) is 44.6 Å². The van der Waals surface area contributed by atoms with Crippen LogP contribution < -0.4 is 0 Å². The first-order chi connectivity index (χ1) is 14.2. The fourth-order valence-electron chi connectivity index (χ4n) is 6.14. The van der Waals surface area contributed by atoms with Gasteiger partial charge in [0.1, 0.15) is 5.82 Å². The topological polar surface area (TPSA) is 25.4 Å². The molecule has 0 radical (unpaired) electrons. The molecule has 2 heterocycles. The molecular weight excluding hydrogens is 361 g/mol. The number of halogens is 1. The monoisotopic (exact) mass is 391 g/mol. The van der Waals surface area contributed by atoms with E-state index in [9.17, 15) is 4.39 Å². The van der Waals surface area contributed by atoms with Crippen LogP contribution in [-0.4, -0.2) is 17.2 Å². The van der Waals surface area contributed by atoms with Crippen LogP contribution in [0.2, 0.25) is 0 Å². The van der Waals surface area contributed by atoms with E-state index in [1.54, 1.807) is 12.1 Å². The van der Waals surface area contributed by atoms with Crippen LogP contribution in [0.5, 0.6) is 0 Å². The van der Waals surface area contributed by atoms with Gasteiger partial charge in [0.2, 0.25) is 0 Å². The molecule has 2 saturated carbocycles. The lowest BCUT2D eigenvalue weighted by atomic mass is 9.57. The lowest BCUT2D eigenvalue weighted by molar-refractivity contribution is 0.0105. The molecule has 0 amide bonds. The maximum atomic E-state index is 13.5. The second-order valence-electron chi connectivity index (χ2n) is 9.20. The van der Waals surface area contributed by atoms with Crippen molar-refractivity contribution in [1.29, 1.82) is 0 Å². The van der Waals surface area contributed by atoms with Gasteiger partial charge >= 0.3 is 0 Å². The van der Waals surface area contributed by atoms with Crippen molar-refractivity contribution in [2.24, 2.45) is 23.7 Å². The van der Waals surface area contributed by atoms with Crippen molar-refractivity contribution in [2.45, 2.75) is 51.0 Å². The average molecular weight is 392 g/mol. The van der Waals surface area contributed by atoms with E-state index < -0.39 is 0 Å². The Morgan fingerprint density at radius 1 is 1.17 bits per heavy atom. The largest absolute Gasteiger partial charge is 0.369 e. The van der Waals surface area contributed by atoms with Crippen molar-refractivity contribution >= 4 is 6.08 Å². The summed E-state index contributed by atoms with van der Waals surface area (Å²) < 4.78 is 19.6. The number of allylic oxidation sites excluding steroid dienone is 1. The second kappa shape index (κ2) is 7.68. The predicted molar refractivity (Wildman–Crippen MR) is 115 cm³/mol. The zero-order valence-electron chi connectivity index (χ0n) is 17.2. The van der Waals surface area contributed by atoms with Gasteiger partial charge in [0.25, 0.3) is 0 Å². The standard InChI is InChI=1S/C26H30FNO/c1-2-25-24(23-9-4-3-6-19(23)15-26(25)17-29-26)13-12-22-11-10-20(16-28-22)18-7-5-8-21(27)14-18/h5,7-8,10-14,16,19,23-25H,2-4,6,9,15,17H2,1H3/b13-12+/t19-,23?,24?,25?,26?/m0/s1. The molecule has 0 N–H and O–H groups in total. The zero-order valence-corrected chi connectivity index (χ0v) is 17.2. The highest BCUT2D eigenvalue weighted by Crippen LogP contribution is 2.58. The first-order valence-corrected chi connectivity index (χ1v) is 11.2. The Labute approximate surface area is 173 Å². The summed E-state index contributed by atoms with van der Waals surface area (Å²) in [6.07, 6.45) is 14.4. The van der Waals surface area contributed by atoms with Gasteiger partial charge in [0.05, 0.1) is 17.9 Å². The minimum Gasteiger partial charge on any atom is -0.369 e. The van der Waals surface area contributed by atoms with Crippen molar-refractivity contribution in [2.75, 3.05) is 6.61 Å². The summed E-state index contributed by atoms with van der Waals surface area (Å²) in [4.78, 5) is 4.64. The van der Waals surface area contributed by atoms with Crippen molar-refractivity contribution in [3.63, 3.8) is 0 Å². The Morgan fingerprint density at radius 2 is 2.03 bits per heavy atom. The number of benzene rings is 1. The van der Waals surface area contributed by atoms with Gasteiger partial charge in [-0.2, -0.15) is 0 Å². The lowest BCUT2D eigenvalue weighted by Crippen LogP contribution is -2.45. The van der Waals surface area contributed by atoms with Gasteiger partial charge in [-0.25, -0.2) is 4.39 Å². The number of epoxide rings is 1. The molecule has 5 rings (SSSR count). The van der Waals surface area contributed by atoms with Gasteiger partial charge in [0, 0.05) is 11.8 Å². The molecule has 2 aromatic rings. The molecule has 1 saturated heterocycles. The Morgan fingerprint density at radius 3 is 2.76 bits per heavy atom. The molecule has 4 unspecified atom stereocenters. The first kappa shape index (κ1) is 19.0. The Kier molecular flexibility index (Phi) is 5.03. The Bertz CT molecular complexity index is 886. The van der Waals surface area contributed by atoms with E-state index in [2.05, 4.69) is 24.1 Å². The SMILES string of the molecule is CCC1C(/C=C/c2ccc(-c3cccc(F)c3)cn2)C2CCCC[C@H]2CC12CO2. The van der Waals surface area contributed by atoms with Gasteiger partial charge in [-0.05, 0) is 72.8 Å². The molecule has 152 valence electrons. The fraction of sp³-hybridized carbons (Fsp3) is 0.500. The third kappa shape index (κ3) is 3.66. The third-order valence-electron chi connectivity index (χ3n) is 7.60. The minimum atomic E-state index is -0.215. The predicted octanol–water partition coefficient (Wildman–Crippen LogP) is 6.52. The van der Waals surface area contributed by atoms with Crippen molar-refractivity contribution in [1.82, 2.24) is 4.98 Å². The molecule has 2 aliphatic carbocycles. The molecule has 1 aromatic heterocycles. The molecule has 29 heavy (non-hydrogen) atoms. The van der Waals surface area contributed by atoms with Crippen LogP contribution in [0, 0.1) is 29.5 Å². The number of nitrogens with zero attached hydrogens (tertiary/aromatic N) is 1. The maximum absolute atomic E-state index is 13.5. The van der Waals surface area contributed by atoms with Crippen molar-refractivity contribution < 1.29 is 9.13 Å². The molecule has 3 heteroatoms. The minimum absolute atomic E-state index is 0.164. The number of rotatable bonds is 4. The summed E-state index contributed by atoms with van der Waals surface area (Å²) in [7, 11) is 0. The molecule has 3 aliphatic rings. The van der Waals surface area contributed by atoms with Crippen LogP contribution in [0.1, 0.15) is 51.1 Å². The van der Waals surface area contributed by atoms with Crippen LogP contribution in [0.4, 0.5) is 4.39 Å². The van der Waals surface area contributed by atoms with Gasteiger partial charge in [-0.1, -0.05) is 50.5 Å². The fourth-order valence-corrected chi connectivity index (χ4v) is 6.14. The summed E-state index contributed by atoms with van der Waals surface area (Å²) in [5, 5.41) is 0. The van der Waals surface area contributed by atoms with Gasteiger partial charge in [-0.3, -0.25) is 4.98 Å². The Balaban J connectivity index is 1.37. The van der Waals surface area contributed by atoms with Crippen LogP contribution >= 0.6 is 0 Å². The highest BCUT2D eigenvalue weighted by Gasteiger charge is 2.59. The Hall–Kier alpha value is -2.00. The van der Waals surface area contributed by atoms with E-state index in [0.717, 1.165) is 35.3 Å². The van der Waals surface area contributed by atoms with E-state index in [1.807, 2.05) is 24.4 Å². The quantitative estimate of drug-likeness (QED) is 0.554. The first-order valence-electron chi connectivity index (χ1n) is 11.2. The van der Waals surface area contributed by atoms with Crippen molar-refractivity contribution in [3.05, 3.63) is 60.2 Å². The number of ether oxygens (including phenoxy) is 1. The molecule has 1 aliphatic heterocycles. The number of fused-ring (bicyclic) bond motifs is 1. The molecule has 1 spiro atoms. The summed E-state index contributed by atoms with van der Waals surface area (Å²) in [6, 6.07) is 10.8. The summed E-state index contributed by atoms with van der Waals surface area (Å²) in [5.74, 6) is 2.63. The number of hydrogen-bond acceptors (Lipinski definition) is 2. The maximum Gasteiger partial charge on any atom is 0.123 e. The lowest BCUT2D eigenvalue weighted by Gasteiger charge is -2.47. The highest BCUT2D eigenvalue weighted by atomic mass is 19.1. The molecule has 3 fully saturated rings. The molecule has 5 atom stereocenters. The molecular formula is C26H30FNO. The molecule has 0 bridgehead atoms.